The number of halogens is 2. The molecule has 0 radical (unpaired) electrons. The van der Waals surface area contributed by atoms with Gasteiger partial charge in [-0.15, -0.1) is 0 Å². The number of benzene rings is 1. The van der Waals surface area contributed by atoms with Crippen LogP contribution in [0, 0.1) is 0 Å². The Labute approximate surface area is 113 Å². The van der Waals surface area contributed by atoms with Crippen LogP contribution in [0.15, 0.2) is 28.7 Å². The fourth-order valence-corrected chi connectivity index (χ4v) is 1.85. The first-order valence-electron chi connectivity index (χ1n) is 5.18. The molecule has 0 aliphatic rings. The lowest BCUT2D eigenvalue weighted by Crippen LogP contribution is -2.29. The van der Waals surface area contributed by atoms with E-state index in [1.165, 1.54) is 0 Å². The topological polar surface area (TPSA) is 20.3 Å². The van der Waals surface area contributed by atoms with Crippen molar-refractivity contribution in [2.45, 2.75) is 12.8 Å². The Hall–Kier alpha value is -0.350. The second-order valence-electron chi connectivity index (χ2n) is 3.66. The van der Waals surface area contributed by atoms with Gasteiger partial charge >= 0.3 is 0 Å². The molecule has 0 N–H and O–H groups in total. The van der Waals surface area contributed by atoms with Crippen LogP contribution in [0.25, 0.3) is 0 Å². The Bertz CT molecular complexity index is 337. The van der Waals surface area contributed by atoms with E-state index >= 15 is 0 Å². The van der Waals surface area contributed by atoms with Gasteiger partial charge in [-0.25, -0.2) is 0 Å². The maximum Gasteiger partial charge on any atom is 0.226 e. The highest BCUT2D eigenvalue weighted by atomic mass is 79.9. The summed E-state index contributed by atoms with van der Waals surface area (Å²) in [5.41, 5.74) is 1.05. The molecule has 1 aromatic rings. The molecule has 88 valence electrons. The molecule has 1 aromatic carbocycles. The Kier molecular flexibility index (Phi) is 6.06. The predicted molar refractivity (Wildman–Crippen MR) is 73.9 cm³/mol. The lowest BCUT2D eigenvalue weighted by molar-refractivity contribution is -0.129. The van der Waals surface area contributed by atoms with Crippen LogP contribution < -0.4 is 0 Å². The van der Waals surface area contributed by atoms with E-state index in [1.807, 2.05) is 31.3 Å². The molecule has 0 unspecified atom stereocenters. The first kappa shape index (κ1) is 13.7. The van der Waals surface area contributed by atoms with Crippen molar-refractivity contribution in [2.75, 3.05) is 18.9 Å². The Morgan fingerprint density at radius 1 is 1.31 bits per heavy atom. The molecule has 0 spiro atoms. The zero-order valence-corrected chi connectivity index (χ0v) is 12.4. The fourth-order valence-electron chi connectivity index (χ4n) is 1.33. The quantitative estimate of drug-likeness (QED) is 0.748. The Morgan fingerprint density at radius 3 is 2.50 bits per heavy atom. The first-order valence-corrected chi connectivity index (χ1v) is 7.09. The van der Waals surface area contributed by atoms with Gasteiger partial charge in [-0.3, -0.25) is 4.79 Å². The second-order valence-corrected chi connectivity index (χ2v) is 5.37. The van der Waals surface area contributed by atoms with Gasteiger partial charge in [-0.2, -0.15) is 0 Å². The summed E-state index contributed by atoms with van der Waals surface area (Å²) in [7, 11) is 1.85. The summed E-state index contributed by atoms with van der Waals surface area (Å²) < 4.78 is 1.04. The van der Waals surface area contributed by atoms with E-state index in [1.54, 1.807) is 4.90 Å². The van der Waals surface area contributed by atoms with Crippen molar-refractivity contribution in [2.24, 2.45) is 0 Å². The first-order chi connectivity index (χ1) is 7.63. The summed E-state index contributed by atoms with van der Waals surface area (Å²) >= 11 is 6.73. The number of amides is 1. The summed E-state index contributed by atoms with van der Waals surface area (Å²) in [5, 5.41) is 0.933. The summed E-state index contributed by atoms with van der Waals surface area (Å²) in [5.74, 6) is 0.170. The number of alkyl halides is 1. The van der Waals surface area contributed by atoms with Crippen molar-refractivity contribution < 1.29 is 4.79 Å². The summed E-state index contributed by atoms with van der Waals surface area (Å²) in [6, 6.07) is 7.86. The van der Waals surface area contributed by atoms with Gasteiger partial charge in [0.2, 0.25) is 5.91 Å². The number of hydrogen-bond acceptors (Lipinski definition) is 1. The van der Waals surface area contributed by atoms with Gasteiger partial charge in [0.25, 0.3) is 0 Å². The van der Waals surface area contributed by atoms with Gasteiger partial charge in [0.05, 0.1) is 6.42 Å². The molecule has 0 atom stereocenters. The van der Waals surface area contributed by atoms with Gasteiger partial charge in [0, 0.05) is 23.4 Å². The Balaban J connectivity index is 2.47. The van der Waals surface area contributed by atoms with Crippen molar-refractivity contribution >= 4 is 37.8 Å². The van der Waals surface area contributed by atoms with Crippen molar-refractivity contribution in [3.63, 3.8) is 0 Å². The van der Waals surface area contributed by atoms with Crippen LogP contribution in [-0.4, -0.2) is 29.7 Å². The minimum atomic E-state index is 0.170. The molecule has 0 aliphatic heterocycles. The number of carbonyl (C=O) groups excluding carboxylic acids is 1. The molecular formula is C12H15Br2NO. The van der Waals surface area contributed by atoms with Gasteiger partial charge in [-0.05, 0) is 24.1 Å². The van der Waals surface area contributed by atoms with Crippen LogP contribution >= 0.6 is 31.9 Å². The lowest BCUT2D eigenvalue weighted by atomic mass is 10.1. The largest absolute Gasteiger partial charge is 0.345 e. The SMILES string of the molecule is CN(CCCBr)C(=O)Cc1ccc(Br)cc1. The molecule has 16 heavy (non-hydrogen) atoms. The third-order valence-corrected chi connectivity index (χ3v) is 3.41. The average molecular weight is 349 g/mol. The van der Waals surface area contributed by atoms with Crippen LogP contribution in [0.1, 0.15) is 12.0 Å². The van der Waals surface area contributed by atoms with E-state index in [4.69, 9.17) is 0 Å². The van der Waals surface area contributed by atoms with E-state index < -0.39 is 0 Å². The van der Waals surface area contributed by atoms with Crippen molar-refractivity contribution in [3.8, 4) is 0 Å². The zero-order valence-electron chi connectivity index (χ0n) is 9.25. The van der Waals surface area contributed by atoms with Gasteiger partial charge in [0.1, 0.15) is 0 Å². The molecule has 4 heteroatoms. The zero-order chi connectivity index (χ0) is 12.0. The third kappa shape index (κ3) is 4.66. The monoisotopic (exact) mass is 347 g/mol. The van der Waals surface area contributed by atoms with E-state index in [0.29, 0.717) is 6.42 Å². The minimum absolute atomic E-state index is 0.170. The molecule has 0 aromatic heterocycles. The molecular weight excluding hydrogens is 334 g/mol. The predicted octanol–water partition coefficient (Wildman–Crippen LogP) is 3.24. The number of rotatable bonds is 5. The minimum Gasteiger partial charge on any atom is -0.345 e. The van der Waals surface area contributed by atoms with Gasteiger partial charge < -0.3 is 4.90 Å². The van der Waals surface area contributed by atoms with E-state index in [-0.39, 0.29) is 5.91 Å². The summed E-state index contributed by atoms with van der Waals surface area (Å²) in [6.07, 6.45) is 1.47. The Morgan fingerprint density at radius 2 is 1.94 bits per heavy atom. The molecule has 1 amide bonds. The van der Waals surface area contributed by atoms with Crippen molar-refractivity contribution in [3.05, 3.63) is 34.3 Å². The third-order valence-electron chi connectivity index (χ3n) is 2.32. The van der Waals surface area contributed by atoms with Crippen LogP contribution in [0.3, 0.4) is 0 Å². The molecule has 0 saturated carbocycles. The highest BCUT2D eigenvalue weighted by molar-refractivity contribution is 9.10. The second kappa shape index (κ2) is 7.07. The van der Waals surface area contributed by atoms with Crippen molar-refractivity contribution in [1.29, 1.82) is 0 Å². The molecule has 0 bridgehead atoms. The molecule has 0 heterocycles. The number of hydrogen-bond donors (Lipinski definition) is 0. The highest BCUT2D eigenvalue weighted by Gasteiger charge is 2.08. The maximum absolute atomic E-state index is 11.8. The summed E-state index contributed by atoms with van der Waals surface area (Å²) in [4.78, 5) is 13.6. The molecule has 0 aliphatic carbocycles. The highest BCUT2D eigenvalue weighted by Crippen LogP contribution is 2.11. The van der Waals surface area contributed by atoms with Crippen LogP contribution in [0.5, 0.6) is 0 Å². The number of carbonyl (C=O) groups is 1. The molecule has 0 fully saturated rings. The molecule has 2 nitrogen and oxygen atoms in total. The molecule has 1 rings (SSSR count). The summed E-state index contributed by atoms with van der Waals surface area (Å²) in [6.45, 7) is 0.806. The lowest BCUT2D eigenvalue weighted by Gasteiger charge is -2.16. The smallest absolute Gasteiger partial charge is 0.226 e. The van der Waals surface area contributed by atoms with E-state index in [2.05, 4.69) is 31.9 Å². The van der Waals surface area contributed by atoms with Crippen LogP contribution in [0.2, 0.25) is 0 Å². The van der Waals surface area contributed by atoms with Crippen LogP contribution in [-0.2, 0) is 11.2 Å². The molecule has 0 saturated heterocycles. The normalized spacial score (nSPS) is 10.2. The van der Waals surface area contributed by atoms with Gasteiger partial charge in [0.15, 0.2) is 0 Å². The van der Waals surface area contributed by atoms with Gasteiger partial charge in [-0.1, -0.05) is 44.0 Å². The standard InChI is InChI=1S/C12H15Br2NO/c1-15(8-2-7-13)12(16)9-10-3-5-11(14)6-4-10/h3-6H,2,7-9H2,1H3. The van der Waals surface area contributed by atoms with Crippen LogP contribution in [0.4, 0.5) is 0 Å². The fraction of sp³-hybridized carbons (Fsp3) is 0.417. The maximum atomic E-state index is 11.8. The van der Waals surface area contributed by atoms with E-state index in [0.717, 1.165) is 28.3 Å². The van der Waals surface area contributed by atoms with Crippen molar-refractivity contribution in [1.82, 2.24) is 4.90 Å². The average Bonchev–Trinajstić information content (AvgIpc) is 2.29. The van der Waals surface area contributed by atoms with E-state index in [9.17, 15) is 4.79 Å². The number of likely N-dealkylation sites (N-methyl/N-ethyl adjacent to an activating group) is 1. The number of nitrogens with zero attached hydrogens (tertiary/aromatic N) is 1.